The van der Waals surface area contributed by atoms with Crippen LogP contribution >= 0.6 is 0 Å². The van der Waals surface area contributed by atoms with Crippen LogP contribution in [0.15, 0.2) is 24.3 Å². The van der Waals surface area contributed by atoms with Gasteiger partial charge in [-0.25, -0.2) is 4.79 Å². The van der Waals surface area contributed by atoms with Crippen molar-refractivity contribution >= 4 is 11.9 Å². The van der Waals surface area contributed by atoms with Crippen molar-refractivity contribution in [3.63, 3.8) is 0 Å². The molecule has 11 heteroatoms. The first-order valence-corrected chi connectivity index (χ1v) is 10.0. The van der Waals surface area contributed by atoms with Gasteiger partial charge in [0.05, 0.1) is 20.3 Å². The summed E-state index contributed by atoms with van der Waals surface area (Å²) in [6.45, 7) is 4.97. The number of carbonyl (C=O) groups is 2. The maximum atomic E-state index is 12.7. The fraction of sp³-hybridized carbons (Fsp3) is 0.619. The topological polar surface area (TPSA) is 88.5 Å². The van der Waals surface area contributed by atoms with Gasteiger partial charge >= 0.3 is 12.1 Å². The fourth-order valence-corrected chi connectivity index (χ4v) is 3.06. The lowest BCUT2D eigenvalue weighted by molar-refractivity contribution is -0.192. The molecule has 1 heterocycles. The molecule has 0 bridgehead atoms. The van der Waals surface area contributed by atoms with Crippen LogP contribution in [-0.4, -0.2) is 93.1 Å². The van der Waals surface area contributed by atoms with Gasteiger partial charge in [0.1, 0.15) is 0 Å². The molecule has 0 radical (unpaired) electrons. The normalized spacial score (nSPS) is 18.9. The molecule has 0 aromatic heterocycles. The zero-order valence-electron chi connectivity index (χ0n) is 18.7. The molecule has 1 N–H and O–H groups in total. The van der Waals surface area contributed by atoms with Crippen LogP contribution in [0.25, 0.3) is 0 Å². The molecule has 0 spiro atoms. The van der Waals surface area contributed by atoms with E-state index in [0.717, 1.165) is 13.0 Å². The summed E-state index contributed by atoms with van der Waals surface area (Å²) in [5, 5.41) is 7.12. The number of halogens is 3. The number of hydrogen-bond donors (Lipinski definition) is 1. The van der Waals surface area contributed by atoms with E-state index in [1.165, 1.54) is 0 Å². The third-order valence-corrected chi connectivity index (χ3v) is 4.91. The molecule has 1 aromatic rings. The van der Waals surface area contributed by atoms with Crippen LogP contribution in [0, 0.1) is 5.92 Å². The molecule has 1 fully saturated rings. The van der Waals surface area contributed by atoms with Crippen LogP contribution in [-0.2, 0) is 14.3 Å². The molecule has 1 amide bonds. The Morgan fingerprint density at radius 3 is 2.38 bits per heavy atom. The number of methoxy groups -OCH3 is 1. The number of hydrogen-bond acceptors (Lipinski definition) is 6. The van der Waals surface area contributed by atoms with E-state index in [-0.39, 0.29) is 18.6 Å². The molecule has 32 heavy (non-hydrogen) atoms. The van der Waals surface area contributed by atoms with E-state index in [0.29, 0.717) is 37.2 Å². The van der Waals surface area contributed by atoms with Gasteiger partial charge in [0, 0.05) is 18.5 Å². The first-order valence-electron chi connectivity index (χ1n) is 10.0. The number of para-hydroxylation sites is 2. The van der Waals surface area contributed by atoms with Crippen molar-refractivity contribution in [1.29, 1.82) is 0 Å². The minimum Gasteiger partial charge on any atom is -0.493 e. The van der Waals surface area contributed by atoms with Crippen molar-refractivity contribution in [2.45, 2.75) is 25.6 Å². The van der Waals surface area contributed by atoms with Crippen molar-refractivity contribution < 1.29 is 42.1 Å². The molecule has 0 aliphatic carbocycles. The standard InChI is InChI=1S/C19H30N2O4.C2HF3O2/c1-15-16(9-10-20(2)3)13-24-12-11-21(15)19(22)14-25-18-8-6-5-7-17(18)23-4;3-2(4,5)1(6)7/h5-8,15-16H,9-14H2,1-4H3;(H,6,7)/t15-,16+;/m0./s1. The predicted octanol–water partition coefficient (Wildman–Crippen LogP) is 2.52. The van der Waals surface area contributed by atoms with Gasteiger partial charge in [0.2, 0.25) is 0 Å². The van der Waals surface area contributed by atoms with Crippen LogP contribution in [0.4, 0.5) is 13.2 Å². The smallest absolute Gasteiger partial charge is 0.490 e. The minimum absolute atomic E-state index is 0.00507. The van der Waals surface area contributed by atoms with Crippen LogP contribution in [0.3, 0.4) is 0 Å². The molecular weight excluding hydrogens is 433 g/mol. The average Bonchev–Trinajstić information content (AvgIpc) is 2.91. The second-order valence-corrected chi connectivity index (χ2v) is 7.50. The molecule has 2 atom stereocenters. The van der Waals surface area contributed by atoms with E-state index in [2.05, 4.69) is 25.9 Å². The van der Waals surface area contributed by atoms with Crippen molar-refractivity contribution in [1.82, 2.24) is 9.80 Å². The first-order chi connectivity index (χ1) is 15.0. The maximum Gasteiger partial charge on any atom is 0.490 e. The number of amides is 1. The molecular formula is C21H31F3N2O6. The summed E-state index contributed by atoms with van der Waals surface area (Å²) in [7, 11) is 5.71. The van der Waals surface area contributed by atoms with Gasteiger partial charge < -0.3 is 29.1 Å². The number of alkyl halides is 3. The Kier molecular flexibility index (Phi) is 11.3. The lowest BCUT2D eigenvalue weighted by Gasteiger charge is -2.32. The van der Waals surface area contributed by atoms with E-state index in [1.807, 2.05) is 23.1 Å². The second-order valence-electron chi connectivity index (χ2n) is 7.50. The molecule has 0 saturated carbocycles. The number of aliphatic carboxylic acids is 1. The summed E-state index contributed by atoms with van der Waals surface area (Å²) in [5.74, 6) is -1.22. The van der Waals surface area contributed by atoms with E-state index in [1.54, 1.807) is 13.2 Å². The Labute approximate surface area is 185 Å². The van der Waals surface area contributed by atoms with Crippen molar-refractivity contribution in [2.24, 2.45) is 5.92 Å². The number of rotatable bonds is 7. The van der Waals surface area contributed by atoms with Crippen molar-refractivity contribution in [3.05, 3.63) is 24.3 Å². The lowest BCUT2D eigenvalue weighted by Crippen LogP contribution is -2.45. The van der Waals surface area contributed by atoms with Gasteiger partial charge in [-0.15, -0.1) is 0 Å². The lowest BCUT2D eigenvalue weighted by atomic mass is 9.97. The molecule has 1 aromatic carbocycles. The largest absolute Gasteiger partial charge is 0.493 e. The Morgan fingerprint density at radius 1 is 1.25 bits per heavy atom. The Hall–Kier alpha value is -2.53. The predicted molar refractivity (Wildman–Crippen MR) is 111 cm³/mol. The van der Waals surface area contributed by atoms with E-state index in [9.17, 15) is 18.0 Å². The molecule has 0 unspecified atom stereocenters. The van der Waals surface area contributed by atoms with E-state index < -0.39 is 12.1 Å². The highest BCUT2D eigenvalue weighted by Gasteiger charge is 2.38. The Morgan fingerprint density at radius 2 is 1.84 bits per heavy atom. The quantitative estimate of drug-likeness (QED) is 0.663. The number of benzene rings is 1. The van der Waals surface area contributed by atoms with Crippen LogP contribution in [0.1, 0.15) is 13.3 Å². The van der Waals surface area contributed by atoms with Gasteiger partial charge in [-0.3, -0.25) is 4.79 Å². The van der Waals surface area contributed by atoms with E-state index in [4.69, 9.17) is 24.1 Å². The highest BCUT2D eigenvalue weighted by Crippen LogP contribution is 2.26. The van der Waals surface area contributed by atoms with Crippen LogP contribution in [0.2, 0.25) is 0 Å². The maximum absolute atomic E-state index is 12.7. The zero-order valence-corrected chi connectivity index (χ0v) is 18.7. The van der Waals surface area contributed by atoms with Gasteiger partial charge in [0.15, 0.2) is 18.1 Å². The summed E-state index contributed by atoms with van der Waals surface area (Å²) in [5.41, 5.74) is 0. The number of carbonyl (C=O) groups excluding carboxylic acids is 1. The monoisotopic (exact) mass is 464 g/mol. The zero-order chi connectivity index (χ0) is 24.3. The summed E-state index contributed by atoms with van der Waals surface area (Å²) < 4.78 is 48.4. The van der Waals surface area contributed by atoms with Gasteiger partial charge in [-0.05, 0) is 46.1 Å². The SMILES string of the molecule is COc1ccccc1OCC(=O)N1CCOC[C@@H](CCN(C)C)[C@@H]1C.O=C(O)C(F)(F)F. The molecule has 1 aliphatic rings. The number of nitrogens with zero attached hydrogens (tertiary/aromatic N) is 2. The van der Waals surface area contributed by atoms with E-state index >= 15 is 0 Å². The van der Waals surface area contributed by atoms with Crippen molar-refractivity contribution in [2.75, 3.05) is 54.1 Å². The van der Waals surface area contributed by atoms with Gasteiger partial charge in [-0.1, -0.05) is 12.1 Å². The average molecular weight is 464 g/mol. The fourth-order valence-electron chi connectivity index (χ4n) is 3.06. The third kappa shape index (κ3) is 9.31. The molecule has 1 aliphatic heterocycles. The molecule has 2 rings (SSSR count). The van der Waals surface area contributed by atoms with Gasteiger partial charge in [-0.2, -0.15) is 13.2 Å². The summed E-state index contributed by atoms with van der Waals surface area (Å²) >= 11 is 0. The number of carboxylic acids is 1. The highest BCUT2D eigenvalue weighted by atomic mass is 19.4. The Bertz CT molecular complexity index is 730. The highest BCUT2D eigenvalue weighted by molar-refractivity contribution is 5.78. The summed E-state index contributed by atoms with van der Waals surface area (Å²) in [4.78, 5) is 25.7. The molecule has 1 saturated heterocycles. The Balaban J connectivity index is 0.000000633. The summed E-state index contributed by atoms with van der Waals surface area (Å²) in [6, 6.07) is 7.50. The molecule has 182 valence electrons. The first kappa shape index (κ1) is 27.5. The summed E-state index contributed by atoms with van der Waals surface area (Å²) in [6.07, 6.45) is -4.08. The van der Waals surface area contributed by atoms with Gasteiger partial charge in [0.25, 0.3) is 5.91 Å². The third-order valence-electron chi connectivity index (χ3n) is 4.91. The second kappa shape index (κ2) is 13.1. The minimum atomic E-state index is -5.08. The van der Waals surface area contributed by atoms with Crippen LogP contribution < -0.4 is 9.47 Å². The number of ether oxygens (including phenoxy) is 3. The van der Waals surface area contributed by atoms with Crippen molar-refractivity contribution in [3.8, 4) is 11.5 Å². The van der Waals surface area contributed by atoms with Crippen LogP contribution in [0.5, 0.6) is 11.5 Å². The number of carboxylic acid groups (broad SMARTS) is 1. The molecule has 8 nitrogen and oxygen atoms in total.